The van der Waals surface area contributed by atoms with Gasteiger partial charge in [0, 0.05) is 42.7 Å². The quantitative estimate of drug-likeness (QED) is 0.431. The van der Waals surface area contributed by atoms with Crippen molar-refractivity contribution in [2.24, 2.45) is 0 Å². The molecule has 7 heteroatoms. The van der Waals surface area contributed by atoms with Crippen LogP contribution in [0.3, 0.4) is 0 Å². The van der Waals surface area contributed by atoms with Gasteiger partial charge >= 0.3 is 0 Å². The summed E-state index contributed by atoms with van der Waals surface area (Å²) in [6.45, 7) is 3.83. The predicted molar refractivity (Wildman–Crippen MR) is 80.4 cm³/mol. The first-order valence-electron chi connectivity index (χ1n) is 6.44. The standard InChI is InChI=1S/C13H18BrN3O3/c1-2-6-16-13(18)5-7-15-9-10-3-4-11(17(19)20)8-12(10)14/h3-4,8,15H,2,5-7,9H2,1H3,(H,16,18). The molecule has 0 spiro atoms. The summed E-state index contributed by atoms with van der Waals surface area (Å²) in [7, 11) is 0. The van der Waals surface area contributed by atoms with E-state index in [4.69, 9.17) is 0 Å². The topological polar surface area (TPSA) is 84.3 Å². The Kier molecular flexibility index (Phi) is 7.17. The Bertz CT molecular complexity index is 480. The van der Waals surface area contributed by atoms with Gasteiger partial charge in [-0.1, -0.05) is 22.9 Å². The Morgan fingerprint density at radius 1 is 1.40 bits per heavy atom. The van der Waals surface area contributed by atoms with Gasteiger partial charge in [0.25, 0.3) is 5.69 Å². The second-order valence-electron chi connectivity index (χ2n) is 4.31. The Balaban J connectivity index is 2.35. The summed E-state index contributed by atoms with van der Waals surface area (Å²) in [5.41, 5.74) is 0.976. The first kappa shape index (κ1) is 16.6. The van der Waals surface area contributed by atoms with Crippen molar-refractivity contribution in [3.8, 4) is 0 Å². The summed E-state index contributed by atoms with van der Waals surface area (Å²) >= 11 is 3.31. The van der Waals surface area contributed by atoms with Crippen molar-refractivity contribution in [2.75, 3.05) is 13.1 Å². The number of hydrogen-bond donors (Lipinski definition) is 2. The fourth-order valence-corrected chi connectivity index (χ4v) is 2.08. The van der Waals surface area contributed by atoms with Crippen molar-refractivity contribution in [2.45, 2.75) is 26.3 Å². The van der Waals surface area contributed by atoms with E-state index < -0.39 is 4.92 Å². The van der Waals surface area contributed by atoms with Gasteiger partial charge in [-0.15, -0.1) is 0 Å². The normalized spacial score (nSPS) is 10.3. The maximum Gasteiger partial charge on any atom is 0.270 e. The molecule has 0 radical (unpaired) electrons. The van der Waals surface area contributed by atoms with Crippen molar-refractivity contribution in [1.82, 2.24) is 10.6 Å². The van der Waals surface area contributed by atoms with Crippen molar-refractivity contribution < 1.29 is 9.72 Å². The smallest absolute Gasteiger partial charge is 0.270 e. The Hall–Kier alpha value is -1.47. The van der Waals surface area contributed by atoms with Gasteiger partial charge in [-0.2, -0.15) is 0 Å². The van der Waals surface area contributed by atoms with Crippen molar-refractivity contribution in [3.05, 3.63) is 38.3 Å². The van der Waals surface area contributed by atoms with Gasteiger partial charge in [0.1, 0.15) is 0 Å². The van der Waals surface area contributed by atoms with Crippen LogP contribution in [0.15, 0.2) is 22.7 Å². The Labute approximate surface area is 126 Å². The van der Waals surface area contributed by atoms with Crippen molar-refractivity contribution in [1.29, 1.82) is 0 Å². The largest absolute Gasteiger partial charge is 0.356 e. The van der Waals surface area contributed by atoms with Gasteiger partial charge in [-0.05, 0) is 18.1 Å². The van der Waals surface area contributed by atoms with Crippen LogP contribution < -0.4 is 10.6 Å². The number of halogens is 1. The number of carbonyl (C=O) groups is 1. The van der Waals surface area contributed by atoms with Crippen LogP contribution in [0, 0.1) is 10.1 Å². The predicted octanol–water partition coefficient (Wildman–Crippen LogP) is 2.36. The molecule has 2 N–H and O–H groups in total. The third-order valence-electron chi connectivity index (χ3n) is 2.66. The van der Waals surface area contributed by atoms with E-state index in [2.05, 4.69) is 26.6 Å². The molecule has 0 heterocycles. The lowest BCUT2D eigenvalue weighted by Gasteiger charge is -2.07. The second-order valence-corrected chi connectivity index (χ2v) is 5.16. The number of amides is 1. The zero-order valence-electron chi connectivity index (χ0n) is 11.3. The minimum atomic E-state index is -0.431. The molecule has 110 valence electrons. The van der Waals surface area contributed by atoms with E-state index in [1.165, 1.54) is 12.1 Å². The van der Waals surface area contributed by atoms with E-state index in [0.717, 1.165) is 12.0 Å². The molecule has 0 aliphatic rings. The van der Waals surface area contributed by atoms with E-state index in [9.17, 15) is 14.9 Å². The summed E-state index contributed by atoms with van der Waals surface area (Å²) in [5, 5.41) is 16.5. The van der Waals surface area contributed by atoms with Gasteiger partial charge in [-0.3, -0.25) is 14.9 Å². The lowest BCUT2D eigenvalue weighted by molar-refractivity contribution is -0.384. The molecule has 0 fully saturated rings. The van der Waals surface area contributed by atoms with E-state index in [0.29, 0.717) is 30.5 Å². The maximum absolute atomic E-state index is 11.4. The highest BCUT2D eigenvalue weighted by molar-refractivity contribution is 9.10. The van der Waals surface area contributed by atoms with Gasteiger partial charge in [0.15, 0.2) is 0 Å². The molecule has 0 unspecified atom stereocenters. The first-order chi connectivity index (χ1) is 9.54. The molecule has 0 bridgehead atoms. The molecular formula is C13H18BrN3O3. The van der Waals surface area contributed by atoms with E-state index in [1.807, 2.05) is 6.92 Å². The van der Waals surface area contributed by atoms with Crippen LogP contribution in [0.25, 0.3) is 0 Å². The molecule has 0 aliphatic carbocycles. The molecule has 0 saturated carbocycles. The van der Waals surface area contributed by atoms with Crippen molar-refractivity contribution >= 4 is 27.5 Å². The minimum Gasteiger partial charge on any atom is -0.356 e. The summed E-state index contributed by atoms with van der Waals surface area (Å²) in [5.74, 6) is 0.0297. The van der Waals surface area contributed by atoms with Crippen LogP contribution in [0.4, 0.5) is 5.69 Å². The zero-order valence-corrected chi connectivity index (χ0v) is 12.9. The number of non-ortho nitro benzene ring substituents is 1. The number of hydrogen-bond acceptors (Lipinski definition) is 4. The van der Waals surface area contributed by atoms with Crippen LogP contribution >= 0.6 is 15.9 Å². The number of nitro groups is 1. The van der Waals surface area contributed by atoms with Crippen LogP contribution in [0.5, 0.6) is 0 Å². The lowest BCUT2D eigenvalue weighted by atomic mass is 10.2. The monoisotopic (exact) mass is 343 g/mol. The molecule has 6 nitrogen and oxygen atoms in total. The number of carbonyl (C=O) groups excluding carboxylic acids is 1. The van der Waals surface area contributed by atoms with Gasteiger partial charge in [0.05, 0.1) is 4.92 Å². The average Bonchev–Trinajstić information content (AvgIpc) is 2.42. The van der Waals surface area contributed by atoms with Crippen LogP contribution in [-0.4, -0.2) is 23.9 Å². The average molecular weight is 344 g/mol. The lowest BCUT2D eigenvalue weighted by Crippen LogP contribution is -2.28. The zero-order chi connectivity index (χ0) is 15.0. The first-order valence-corrected chi connectivity index (χ1v) is 7.24. The number of nitrogens with one attached hydrogen (secondary N) is 2. The molecule has 0 aromatic heterocycles. The van der Waals surface area contributed by atoms with Crippen LogP contribution in [0.1, 0.15) is 25.3 Å². The highest BCUT2D eigenvalue weighted by Gasteiger charge is 2.08. The number of nitrogens with zero attached hydrogens (tertiary/aromatic N) is 1. The number of rotatable bonds is 8. The highest BCUT2D eigenvalue weighted by Crippen LogP contribution is 2.22. The van der Waals surface area contributed by atoms with Gasteiger partial charge in [-0.25, -0.2) is 0 Å². The summed E-state index contributed by atoms with van der Waals surface area (Å²) < 4.78 is 0.689. The van der Waals surface area contributed by atoms with E-state index in [-0.39, 0.29) is 11.6 Å². The van der Waals surface area contributed by atoms with E-state index in [1.54, 1.807) is 6.07 Å². The molecule has 0 aliphatic heterocycles. The number of benzene rings is 1. The van der Waals surface area contributed by atoms with Gasteiger partial charge in [0.2, 0.25) is 5.91 Å². The Morgan fingerprint density at radius 3 is 2.75 bits per heavy atom. The SMILES string of the molecule is CCCNC(=O)CCNCc1ccc([N+](=O)[O-])cc1Br. The summed E-state index contributed by atoms with van der Waals surface area (Å²) in [4.78, 5) is 21.5. The van der Waals surface area contributed by atoms with Crippen molar-refractivity contribution in [3.63, 3.8) is 0 Å². The fourth-order valence-electron chi connectivity index (χ4n) is 1.57. The third-order valence-corrected chi connectivity index (χ3v) is 3.40. The van der Waals surface area contributed by atoms with Crippen LogP contribution in [-0.2, 0) is 11.3 Å². The fraction of sp³-hybridized carbons (Fsp3) is 0.462. The minimum absolute atomic E-state index is 0.0297. The van der Waals surface area contributed by atoms with Crippen LogP contribution in [0.2, 0.25) is 0 Å². The molecule has 1 aromatic carbocycles. The third kappa shape index (κ3) is 5.66. The Morgan fingerprint density at radius 2 is 2.15 bits per heavy atom. The molecule has 0 atom stereocenters. The molecule has 1 aromatic rings. The molecule has 1 rings (SSSR count). The highest BCUT2D eigenvalue weighted by atomic mass is 79.9. The number of nitro benzene ring substituents is 1. The van der Waals surface area contributed by atoms with Gasteiger partial charge < -0.3 is 10.6 Å². The molecule has 20 heavy (non-hydrogen) atoms. The molecular weight excluding hydrogens is 326 g/mol. The molecule has 0 saturated heterocycles. The maximum atomic E-state index is 11.4. The summed E-state index contributed by atoms with van der Waals surface area (Å²) in [6, 6.07) is 4.65. The van der Waals surface area contributed by atoms with E-state index >= 15 is 0 Å². The second kappa shape index (κ2) is 8.65. The molecule has 1 amide bonds. The summed E-state index contributed by atoms with van der Waals surface area (Å²) in [6.07, 6.45) is 1.35.